The molecule has 1 aromatic carbocycles. The van der Waals surface area contributed by atoms with Gasteiger partial charge in [-0.05, 0) is 5.56 Å². The number of nitrogens with zero attached hydrogens (tertiary/aromatic N) is 5. The van der Waals surface area contributed by atoms with Gasteiger partial charge in [0.25, 0.3) is 0 Å². The number of piperazine rings is 1. The smallest absolute Gasteiger partial charge is 0.134 e. The molecule has 1 saturated heterocycles. The lowest BCUT2D eigenvalue weighted by molar-refractivity contribution is 0.249. The zero-order valence-corrected chi connectivity index (χ0v) is 13.3. The largest absolute Gasteiger partial charge is 0.363 e. The van der Waals surface area contributed by atoms with Crippen molar-refractivity contribution in [3.63, 3.8) is 0 Å². The van der Waals surface area contributed by atoms with E-state index in [4.69, 9.17) is 0 Å². The van der Waals surface area contributed by atoms with Crippen molar-refractivity contribution >= 4 is 11.6 Å². The first-order valence-corrected chi connectivity index (χ1v) is 7.73. The summed E-state index contributed by atoms with van der Waals surface area (Å²) in [4.78, 5) is 15.6. The summed E-state index contributed by atoms with van der Waals surface area (Å²) in [5, 5.41) is 0. The van der Waals surface area contributed by atoms with Crippen molar-refractivity contribution in [1.82, 2.24) is 14.9 Å². The first kappa shape index (κ1) is 14.8. The standard InChI is InChI=1S/C17H23N5/c1-20(2)16-12-17(19-14-18-16)22-10-8-21(9-11-22)13-15-6-4-3-5-7-15/h3-7,12,14H,8-11,13H2,1-2H3. The van der Waals surface area contributed by atoms with E-state index in [-0.39, 0.29) is 0 Å². The van der Waals surface area contributed by atoms with Crippen molar-refractivity contribution in [2.24, 2.45) is 0 Å². The average molecular weight is 297 g/mol. The molecule has 0 atom stereocenters. The molecule has 0 bridgehead atoms. The van der Waals surface area contributed by atoms with E-state index >= 15 is 0 Å². The molecule has 116 valence electrons. The van der Waals surface area contributed by atoms with E-state index in [0.717, 1.165) is 44.4 Å². The lowest BCUT2D eigenvalue weighted by atomic mass is 10.2. The van der Waals surface area contributed by atoms with Gasteiger partial charge < -0.3 is 9.80 Å². The van der Waals surface area contributed by atoms with Crippen LogP contribution >= 0.6 is 0 Å². The van der Waals surface area contributed by atoms with Crippen LogP contribution in [0, 0.1) is 0 Å². The molecule has 5 heteroatoms. The van der Waals surface area contributed by atoms with Crippen molar-refractivity contribution in [2.45, 2.75) is 6.54 Å². The molecule has 0 aliphatic carbocycles. The summed E-state index contributed by atoms with van der Waals surface area (Å²) in [5.41, 5.74) is 1.38. The zero-order valence-electron chi connectivity index (χ0n) is 13.3. The number of hydrogen-bond acceptors (Lipinski definition) is 5. The summed E-state index contributed by atoms with van der Waals surface area (Å²) in [6, 6.07) is 12.7. The third kappa shape index (κ3) is 3.54. The summed E-state index contributed by atoms with van der Waals surface area (Å²) in [6.45, 7) is 5.18. The normalized spacial score (nSPS) is 15.8. The Morgan fingerprint density at radius 3 is 2.41 bits per heavy atom. The first-order chi connectivity index (χ1) is 10.7. The molecule has 22 heavy (non-hydrogen) atoms. The van der Waals surface area contributed by atoms with Crippen molar-refractivity contribution in [3.05, 3.63) is 48.3 Å². The lowest BCUT2D eigenvalue weighted by Gasteiger charge is -2.35. The van der Waals surface area contributed by atoms with Crippen molar-refractivity contribution in [3.8, 4) is 0 Å². The molecule has 0 N–H and O–H groups in total. The van der Waals surface area contributed by atoms with Gasteiger partial charge in [0, 0.05) is 52.9 Å². The number of anilines is 2. The number of aromatic nitrogens is 2. The molecule has 5 nitrogen and oxygen atoms in total. The van der Waals surface area contributed by atoms with Gasteiger partial charge in [0.2, 0.25) is 0 Å². The van der Waals surface area contributed by atoms with Gasteiger partial charge >= 0.3 is 0 Å². The molecule has 0 saturated carbocycles. The first-order valence-electron chi connectivity index (χ1n) is 7.73. The van der Waals surface area contributed by atoms with Crippen molar-refractivity contribution < 1.29 is 0 Å². The van der Waals surface area contributed by atoms with Crippen LogP contribution in [0.5, 0.6) is 0 Å². The summed E-state index contributed by atoms with van der Waals surface area (Å²) in [6.07, 6.45) is 1.65. The average Bonchev–Trinajstić information content (AvgIpc) is 2.56. The molecule has 1 aliphatic heterocycles. The minimum absolute atomic E-state index is 0.955. The fraction of sp³-hybridized carbons (Fsp3) is 0.412. The summed E-state index contributed by atoms with van der Waals surface area (Å²) in [7, 11) is 4.01. The van der Waals surface area contributed by atoms with Crippen LogP contribution in [0.3, 0.4) is 0 Å². The number of benzene rings is 1. The molecule has 0 radical (unpaired) electrons. The van der Waals surface area contributed by atoms with E-state index in [9.17, 15) is 0 Å². The fourth-order valence-electron chi connectivity index (χ4n) is 2.73. The highest BCUT2D eigenvalue weighted by molar-refractivity contribution is 5.49. The van der Waals surface area contributed by atoms with Gasteiger partial charge in [-0.25, -0.2) is 9.97 Å². The van der Waals surface area contributed by atoms with E-state index in [0.29, 0.717) is 0 Å². The van der Waals surface area contributed by atoms with Crippen LogP contribution in [0.2, 0.25) is 0 Å². The van der Waals surface area contributed by atoms with Gasteiger partial charge in [-0.15, -0.1) is 0 Å². The molecule has 3 rings (SSSR count). The second-order valence-corrected chi connectivity index (χ2v) is 5.88. The summed E-state index contributed by atoms with van der Waals surface area (Å²) >= 11 is 0. The summed E-state index contributed by atoms with van der Waals surface area (Å²) < 4.78 is 0. The van der Waals surface area contributed by atoms with Crippen LogP contribution < -0.4 is 9.80 Å². The van der Waals surface area contributed by atoms with Gasteiger partial charge in [0.1, 0.15) is 18.0 Å². The highest BCUT2D eigenvalue weighted by Gasteiger charge is 2.18. The SMILES string of the molecule is CN(C)c1cc(N2CCN(Cc3ccccc3)CC2)ncn1. The van der Waals surface area contributed by atoms with Crippen molar-refractivity contribution in [2.75, 3.05) is 50.1 Å². The highest BCUT2D eigenvalue weighted by atomic mass is 15.3. The zero-order chi connectivity index (χ0) is 15.4. The second-order valence-electron chi connectivity index (χ2n) is 5.88. The molecule has 1 aliphatic rings. The predicted molar refractivity (Wildman–Crippen MR) is 90.3 cm³/mol. The molecule has 0 amide bonds. The minimum Gasteiger partial charge on any atom is -0.363 e. The molecular formula is C17H23N5. The summed E-state index contributed by atoms with van der Waals surface area (Å²) in [5.74, 6) is 1.98. The van der Waals surface area contributed by atoms with Crippen LogP contribution in [0.15, 0.2) is 42.7 Å². The van der Waals surface area contributed by atoms with Crippen molar-refractivity contribution in [1.29, 1.82) is 0 Å². The molecule has 0 unspecified atom stereocenters. The number of hydrogen-bond donors (Lipinski definition) is 0. The molecule has 1 aromatic heterocycles. The second kappa shape index (κ2) is 6.75. The van der Waals surface area contributed by atoms with E-state index < -0.39 is 0 Å². The van der Waals surface area contributed by atoms with Gasteiger partial charge in [-0.1, -0.05) is 30.3 Å². The van der Waals surface area contributed by atoms with Gasteiger partial charge in [0.05, 0.1) is 0 Å². The predicted octanol–water partition coefficient (Wildman–Crippen LogP) is 1.86. The highest BCUT2D eigenvalue weighted by Crippen LogP contribution is 2.18. The van der Waals surface area contributed by atoms with Gasteiger partial charge in [-0.2, -0.15) is 0 Å². The Bertz CT molecular complexity index is 591. The maximum atomic E-state index is 4.42. The topological polar surface area (TPSA) is 35.5 Å². The van der Waals surface area contributed by atoms with Gasteiger partial charge in [0.15, 0.2) is 0 Å². The maximum absolute atomic E-state index is 4.42. The van der Waals surface area contributed by atoms with E-state index in [1.165, 1.54) is 5.56 Å². The Hall–Kier alpha value is -2.14. The molecule has 2 aromatic rings. The number of rotatable bonds is 4. The van der Waals surface area contributed by atoms with Crippen LogP contribution in [0.25, 0.3) is 0 Å². The Balaban J connectivity index is 1.58. The van der Waals surface area contributed by atoms with E-state index in [2.05, 4.69) is 56.2 Å². The van der Waals surface area contributed by atoms with Gasteiger partial charge in [-0.3, -0.25) is 4.90 Å². The molecule has 1 fully saturated rings. The van der Waals surface area contributed by atoms with E-state index in [1.807, 2.05) is 19.0 Å². The monoisotopic (exact) mass is 297 g/mol. The lowest BCUT2D eigenvalue weighted by Crippen LogP contribution is -2.46. The minimum atomic E-state index is 0.955. The third-order valence-electron chi connectivity index (χ3n) is 4.04. The fourth-order valence-corrected chi connectivity index (χ4v) is 2.73. The third-order valence-corrected chi connectivity index (χ3v) is 4.04. The quantitative estimate of drug-likeness (QED) is 0.861. The Kier molecular flexibility index (Phi) is 4.53. The molecular weight excluding hydrogens is 274 g/mol. The maximum Gasteiger partial charge on any atom is 0.134 e. The molecule has 2 heterocycles. The van der Waals surface area contributed by atoms with Crippen LogP contribution in [-0.2, 0) is 6.54 Å². The van der Waals surface area contributed by atoms with Crippen LogP contribution in [0.1, 0.15) is 5.56 Å². The van der Waals surface area contributed by atoms with Crippen LogP contribution in [0.4, 0.5) is 11.6 Å². The Morgan fingerprint density at radius 1 is 1.00 bits per heavy atom. The Labute approximate surface area is 132 Å². The van der Waals surface area contributed by atoms with E-state index in [1.54, 1.807) is 6.33 Å². The molecule has 0 spiro atoms. The Morgan fingerprint density at radius 2 is 1.73 bits per heavy atom. The van der Waals surface area contributed by atoms with Crippen LogP contribution in [-0.4, -0.2) is 55.1 Å².